The first-order valence-corrected chi connectivity index (χ1v) is 9.75. The van der Waals surface area contributed by atoms with Crippen molar-refractivity contribution in [1.29, 1.82) is 0 Å². The first-order valence-electron chi connectivity index (χ1n) is 8.87. The average molecular weight is 394 g/mol. The number of nitrogens with zero attached hydrogens (tertiary/aromatic N) is 2. The zero-order valence-corrected chi connectivity index (χ0v) is 15.7. The molecule has 1 amide bonds. The second-order valence-corrected chi connectivity index (χ2v) is 8.01. The number of benzene rings is 1. The second kappa shape index (κ2) is 7.16. The maximum atomic E-state index is 12.6. The Morgan fingerprint density at radius 1 is 1.41 bits per heavy atom. The highest BCUT2D eigenvalue weighted by Gasteiger charge is 2.48. The van der Waals surface area contributed by atoms with Crippen molar-refractivity contribution >= 4 is 17.2 Å². The molecule has 4 rings (SSSR count). The number of hydrogen-bond donors (Lipinski definition) is 0. The number of carbonyl (C=O) groups excluding carboxylic acids is 1. The van der Waals surface area contributed by atoms with E-state index >= 15 is 0 Å². The third-order valence-electron chi connectivity index (χ3n) is 5.05. The molecule has 1 aromatic heterocycles. The number of para-hydroxylation sites is 1. The lowest BCUT2D eigenvalue weighted by molar-refractivity contribution is -0.144. The summed E-state index contributed by atoms with van der Waals surface area (Å²) in [5, 5.41) is 2.53. The molecule has 1 aromatic carbocycles. The number of halogens is 2. The van der Waals surface area contributed by atoms with E-state index in [1.165, 1.54) is 17.4 Å². The molecular weight excluding hydrogens is 374 g/mol. The predicted octanol–water partition coefficient (Wildman–Crippen LogP) is 4.11. The van der Waals surface area contributed by atoms with E-state index in [2.05, 4.69) is 9.72 Å². The van der Waals surface area contributed by atoms with Gasteiger partial charge in [-0.15, -0.1) is 11.3 Å². The van der Waals surface area contributed by atoms with Crippen LogP contribution in [0.15, 0.2) is 29.6 Å². The van der Waals surface area contributed by atoms with Crippen molar-refractivity contribution in [2.24, 2.45) is 5.41 Å². The minimum atomic E-state index is -2.89. The molecule has 1 saturated heterocycles. The number of rotatable bonds is 5. The number of hydrogen-bond acceptors (Lipinski definition) is 5. The lowest BCUT2D eigenvalue weighted by Crippen LogP contribution is -2.45. The lowest BCUT2D eigenvalue weighted by Gasteiger charge is -2.33. The van der Waals surface area contributed by atoms with Gasteiger partial charge in [0.1, 0.15) is 16.9 Å². The Bertz CT molecular complexity index is 838. The molecule has 2 fully saturated rings. The van der Waals surface area contributed by atoms with Crippen LogP contribution in [0.2, 0.25) is 0 Å². The van der Waals surface area contributed by atoms with Crippen molar-refractivity contribution in [3.8, 4) is 17.0 Å². The highest BCUT2D eigenvalue weighted by Crippen LogP contribution is 2.47. The summed E-state index contributed by atoms with van der Waals surface area (Å²) < 4.78 is 35.7. The third kappa shape index (κ3) is 3.82. The van der Waals surface area contributed by atoms with E-state index in [1.807, 2.05) is 11.8 Å². The van der Waals surface area contributed by atoms with Gasteiger partial charge in [-0.3, -0.25) is 4.79 Å². The monoisotopic (exact) mass is 394 g/mol. The Morgan fingerprint density at radius 3 is 2.93 bits per heavy atom. The normalized spacial score (nSPS) is 21.3. The maximum absolute atomic E-state index is 12.6. The van der Waals surface area contributed by atoms with Gasteiger partial charge in [0.2, 0.25) is 5.91 Å². The fourth-order valence-corrected chi connectivity index (χ4v) is 4.06. The minimum Gasteiger partial charge on any atom is -0.434 e. The van der Waals surface area contributed by atoms with E-state index in [4.69, 9.17) is 4.74 Å². The molecule has 2 heterocycles. The van der Waals surface area contributed by atoms with E-state index in [9.17, 15) is 13.6 Å². The molecule has 0 N–H and O–H groups in total. The van der Waals surface area contributed by atoms with Gasteiger partial charge in [0.05, 0.1) is 18.8 Å². The van der Waals surface area contributed by atoms with Gasteiger partial charge < -0.3 is 14.4 Å². The molecule has 2 aromatic rings. The van der Waals surface area contributed by atoms with Gasteiger partial charge in [-0.2, -0.15) is 8.78 Å². The average Bonchev–Trinajstić information content (AvgIpc) is 3.23. The van der Waals surface area contributed by atoms with Crippen molar-refractivity contribution in [3.63, 3.8) is 0 Å². The van der Waals surface area contributed by atoms with E-state index in [0.717, 1.165) is 17.8 Å². The van der Waals surface area contributed by atoms with Crippen molar-refractivity contribution in [2.45, 2.75) is 32.5 Å². The Labute approximate surface area is 159 Å². The van der Waals surface area contributed by atoms with Gasteiger partial charge in [0.25, 0.3) is 0 Å². The molecule has 0 radical (unpaired) electrons. The van der Waals surface area contributed by atoms with Crippen LogP contribution < -0.4 is 4.74 Å². The van der Waals surface area contributed by atoms with Crippen LogP contribution in [0.25, 0.3) is 11.3 Å². The summed E-state index contributed by atoms with van der Waals surface area (Å²) in [6.07, 6.45) is 1.58. The highest BCUT2D eigenvalue weighted by atomic mass is 32.1. The van der Waals surface area contributed by atoms with Gasteiger partial charge in [-0.1, -0.05) is 19.1 Å². The van der Waals surface area contributed by atoms with E-state index in [-0.39, 0.29) is 23.2 Å². The van der Waals surface area contributed by atoms with E-state index in [0.29, 0.717) is 31.0 Å². The first-order chi connectivity index (χ1) is 13.0. The van der Waals surface area contributed by atoms with E-state index in [1.54, 1.807) is 23.6 Å². The van der Waals surface area contributed by atoms with Crippen LogP contribution in [-0.4, -0.2) is 42.1 Å². The number of morpholine rings is 1. The minimum absolute atomic E-state index is 0.0902. The summed E-state index contributed by atoms with van der Waals surface area (Å²) in [7, 11) is 0. The molecule has 0 bridgehead atoms. The van der Waals surface area contributed by atoms with Crippen molar-refractivity contribution in [2.75, 3.05) is 19.7 Å². The zero-order valence-electron chi connectivity index (χ0n) is 14.9. The number of aromatic nitrogens is 1. The molecule has 1 unspecified atom stereocenters. The molecule has 27 heavy (non-hydrogen) atoms. The van der Waals surface area contributed by atoms with Gasteiger partial charge in [-0.25, -0.2) is 4.98 Å². The molecule has 1 aliphatic heterocycles. The molecular formula is C19H20F2N2O3S. The third-order valence-corrected chi connectivity index (χ3v) is 5.98. The SMILES string of the molecule is CC1(C(=O)N2CCOC(c3nc(-c4ccccc4OC(F)F)cs3)C2)CC1. The summed E-state index contributed by atoms with van der Waals surface area (Å²) in [4.78, 5) is 19.0. The number of carbonyl (C=O) groups is 1. The van der Waals surface area contributed by atoms with Crippen LogP contribution in [0.1, 0.15) is 30.9 Å². The van der Waals surface area contributed by atoms with Crippen LogP contribution in [0, 0.1) is 5.41 Å². The van der Waals surface area contributed by atoms with Crippen LogP contribution in [0.3, 0.4) is 0 Å². The largest absolute Gasteiger partial charge is 0.434 e. The molecule has 144 valence electrons. The summed E-state index contributed by atoms with van der Waals surface area (Å²) in [6, 6.07) is 6.58. The maximum Gasteiger partial charge on any atom is 0.387 e. The molecule has 1 atom stereocenters. The number of thiazole rings is 1. The summed E-state index contributed by atoms with van der Waals surface area (Å²) in [5.74, 6) is 0.274. The lowest BCUT2D eigenvalue weighted by atomic mass is 10.1. The number of ether oxygens (including phenoxy) is 2. The van der Waals surface area contributed by atoms with Crippen molar-refractivity contribution in [1.82, 2.24) is 9.88 Å². The molecule has 5 nitrogen and oxygen atoms in total. The van der Waals surface area contributed by atoms with Gasteiger partial charge in [0, 0.05) is 22.9 Å². The summed E-state index contributed by atoms with van der Waals surface area (Å²) in [5.41, 5.74) is 0.864. The fraction of sp³-hybridized carbons (Fsp3) is 0.474. The van der Waals surface area contributed by atoms with Crippen LogP contribution in [-0.2, 0) is 9.53 Å². The second-order valence-electron chi connectivity index (χ2n) is 7.12. The fourth-order valence-electron chi connectivity index (χ4n) is 3.20. The van der Waals surface area contributed by atoms with Gasteiger partial charge in [0.15, 0.2) is 0 Å². The standard InChI is InChI=1S/C19H20F2N2O3S/c1-19(6-7-19)17(24)23-8-9-25-15(10-23)16-22-13(11-27-16)12-4-2-3-5-14(12)26-18(20)21/h2-5,11,15,18H,6-10H2,1H3. The molecule has 2 aliphatic rings. The zero-order chi connectivity index (χ0) is 19.0. The Kier molecular flexibility index (Phi) is 4.86. The molecule has 0 spiro atoms. The summed E-state index contributed by atoms with van der Waals surface area (Å²) >= 11 is 1.40. The first kappa shape index (κ1) is 18.3. The smallest absolute Gasteiger partial charge is 0.387 e. The Morgan fingerprint density at radius 2 is 2.19 bits per heavy atom. The van der Waals surface area contributed by atoms with Gasteiger partial charge in [-0.05, 0) is 25.0 Å². The molecule has 8 heteroatoms. The number of amides is 1. The van der Waals surface area contributed by atoms with Crippen molar-refractivity contribution < 1.29 is 23.0 Å². The van der Waals surface area contributed by atoms with Crippen molar-refractivity contribution in [3.05, 3.63) is 34.7 Å². The van der Waals surface area contributed by atoms with Crippen LogP contribution >= 0.6 is 11.3 Å². The van der Waals surface area contributed by atoms with Crippen LogP contribution in [0.4, 0.5) is 8.78 Å². The highest BCUT2D eigenvalue weighted by molar-refractivity contribution is 7.10. The Hall–Kier alpha value is -2.06. The predicted molar refractivity (Wildman–Crippen MR) is 96.8 cm³/mol. The summed E-state index contributed by atoms with van der Waals surface area (Å²) in [6.45, 7) is 0.632. The quantitative estimate of drug-likeness (QED) is 0.766. The van der Waals surface area contributed by atoms with Gasteiger partial charge >= 0.3 is 6.61 Å². The Balaban J connectivity index is 1.52. The number of alkyl halides is 2. The van der Waals surface area contributed by atoms with Crippen LogP contribution in [0.5, 0.6) is 5.75 Å². The molecule has 1 aliphatic carbocycles. The van der Waals surface area contributed by atoms with E-state index < -0.39 is 6.61 Å². The topological polar surface area (TPSA) is 51.7 Å². The molecule has 1 saturated carbocycles.